The molecule has 0 atom stereocenters. The number of nitrogens with zero attached hydrogens (tertiary/aromatic N) is 4. The van der Waals surface area contributed by atoms with Crippen molar-refractivity contribution in [3.8, 4) is 0 Å². The van der Waals surface area contributed by atoms with Crippen molar-refractivity contribution >= 4 is 11.5 Å². The Balaban J connectivity index is 3.36. The standard InChI is InChI=1S/C11H20N4O3/c1-5-14(6-7-16)11-10(15(17)18)9(8(2)3)12-13(11)4/h8,16H,5-7H2,1-4H3. The van der Waals surface area contributed by atoms with E-state index in [0.717, 1.165) is 0 Å². The van der Waals surface area contributed by atoms with E-state index < -0.39 is 4.92 Å². The summed E-state index contributed by atoms with van der Waals surface area (Å²) in [6.45, 7) is 6.53. The summed E-state index contributed by atoms with van der Waals surface area (Å²) in [4.78, 5) is 12.6. The van der Waals surface area contributed by atoms with Crippen LogP contribution in [0.2, 0.25) is 0 Å². The predicted octanol–water partition coefficient (Wildman–Crippen LogP) is 1.27. The van der Waals surface area contributed by atoms with Crippen LogP contribution in [-0.4, -0.2) is 39.5 Å². The van der Waals surface area contributed by atoms with Crippen LogP contribution < -0.4 is 4.90 Å². The van der Waals surface area contributed by atoms with Gasteiger partial charge in [-0.3, -0.25) is 10.1 Å². The van der Waals surface area contributed by atoms with Crippen molar-refractivity contribution in [1.82, 2.24) is 9.78 Å². The molecular formula is C11H20N4O3. The fourth-order valence-electron chi connectivity index (χ4n) is 1.98. The van der Waals surface area contributed by atoms with Crippen molar-refractivity contribution in [3.63, 3.8) is 0 Å². The highest BCUT2D eigenvalue weighted by Crippen LogP contribution is 2.35. The van der Waals surface area contributed by atoms with Gasteiger partial charge in [-0.1, -0.05) is 13.8 Å². The zero-order valence-corrected chi connectivity index (χ0v) is 11.3. The third kappa shape index (κ3) is 2.61. The Morgan fingerprint density at radius 1 is 1.56 bits per heavy atom. The van der Waals surface area contributed by atoms with E-state index in [1.807, 2.05) is 20.8 Å². The molecule has 1 N–H and O–H groups in total. The minimum atomic E-state index is -0.391. The number of hydrogen-bond donors (Lipinski definition) is 1. The molecule has 0 aliphatic carbocycles. The van der Waals surface area contributed by atoms with Crippen LogP contribution >= 0.6 is 0 Å². The first-order valence-corrected chi connectivity index (χ1v) is 6.01. The molecule has 0 bridgehead atoms. The van der Waals surface area contributed by atoms with Crippen LogP contribution in [0.4, 0.5) is 11.5 Å². The van der Waals surface area contributed by atoms with E-state index in [1.165, 1.54) is 4.68 Å². The van der Waals surface area contributed by atoms with E-state index in [4.69, 9.17) is 5.11 Å². The molecule has 0 aromatic carbocycles. The maximum atomic E-state index is 11.2. The lowest BCUT2D eigenvalue weighted by atomic mass is 10.1. The Morgan fingerprint density at radius 2 is 2.17 bits per heavy atom. The van der Waals surface area contributed by atoms with Crippen LogP contribution in [0.5, 0.6) is 0 Å². The lowest BCUT2D eigenvalue weighted by molar-refractivity contribution is -0.385. The number of aromatic nitrogens is 2. The highest BCUT2D eigenvalue weighted by atomic mass is 16.6. The van der Waals surface area contributed by atoms with Gasteiger partial charge in [0, 0.05) is 26.1 Å². The summed E-state index contributed by atoms with van der Waals surface area (Å²) < 4.78 is 1.52. The quantitative estimate of drug-likeness (QED) is 0.612. The molecule has 0 aliphatic heterocycles. The topological polar surface area (TPSA) is 84.4 Å². The minimum Gasteiger partial charge on any atom is -0.395 e. The summed E-state index contributed by atoms with van der Waals surface area (Å²) in [5, 5.41) is 24.5. The molecule has 7 heteroatoms. The molecular weight excluding hydrogens is 236 g/mol. The normalized spacial score (nSPS) is 11.0. The van der Waals surface area contributed by atoms with Crippen molar-refractivity contribution in [1.29, 1.82) is 0 Å². The molecule has 0 spiro atoms. The van der Waals surface area contributed by atoms with Gasteiger partial charge in [-0.15, -0.1) is 0 Å². The van der Waals surface area contributed by atoms with Crippen molar-refractivity contribution in [2.75, 3.05) is 24.6 Å². The summed E-state index contributed by atoms with van der Waals surface area (Å²) in [6.07, 6.45) is 0. The van der Waals surface area contributed by atoms with Gasteiger partial charge in [-0.05, 0) is 6.92 Å². The second kappa shape index (κ2) is 5.81. The molecule has 0 radical (unpaired) electrons. The number of likely N-dealkylation sites (N-methyl/N-ethyl adjacent to an activating group) is 1. The molecule has 0 unspecified atom stereocenters. The Kier molecular flexibility index (Phi) is 4.66. The molecule has 7 nitrogen and oxygen atoms in total. The average molecular weight is 256 g/mol. The predicted molar refractivity (Wildman–Crippen MR) is 68.9 cm³/mol. The minimum absolute atomic E-state index is 0.0156. The maximum Gasteiger partial charge on any atom is 0.334 e. The van der Waals surface area contributed by atoms with Gasteiger partial charge in [0.1, 0.15) is 5.69 Å². The lowest BCUT2D eigenvalue weighted by Gasteiger charge is -2.20. The fraction of sp³-hybridized carbons (Fsp3) is 0.727. The Hall–Kier alpha value is -1.63. The van der Waals surface area contributed by atoms with Crippen LogP contribution in [0, 0.1) is 10.1 Å². The molecule has 1 rings (SSSR count). The second-order valence-electron chi connectivity index (χ2n) is 4.40. The first-order chi connectivity index (χ1) is 8.43. The van der Waals surface area contributed by atoms with E-state index in [9.17, 15) is 10.1 Å². The van der Waals surface area contributed by atoms with Gasteiger partial charge < -0.3 is 10.0 Å². The first-order valence-electron chi connectivity index (χ1n) is 6.01. The Morgan fingerprint density at radius 3 is 2.56 bits per heavy atom. The number of anilines is 1. The summed E-state index contributed by atoms with van der Waals surface area (Å²) >= 11 is 0. The molecule has 0 aliphatic rings. The molecule has 0 saturated heterocycles. The first kappa shape index (κ1) is 14.4. The molecule has 102 valence electrons. The fourth-order valence-corrected chi connectivity index (χ4v) is 1.98. The zero-order chi connectivity index (χ0) is 13.9. The summed E-state index contributed by atoms with van der Waals surface area (Å²) in [5.41, 5.74) is 0.525. The average Bonchev–Trinajstić information content (AvgIpc) is 2.64. The molecule has 1 aromatic heterocycles. The monoisotopic (exact) mass is 256 g/mol. The highest BCUT2D eigenvalue weighted by Gasteiger charge is 2.31. The number of aliphatic hydroxyl groups excluding tert-OH is 1. The van der Waals surface area contributed by atoms with Gasteiger partial charge >= 0.3 is 5.69 Å². The summed E-state index contributed by atoms with van der Waals surface area (Å²) in [6, 6.07) is 0. The number of hydrogen-bond acceptors (Lipinski definition) is 5. The number of aliphatic hydroxyl groups is 1. The summed E-state index contributed by atoms with van der Waals surface area (Å²) in [7, 11) is 1.69. The maximum absolute atomic E-state index is 11.2. The molecule has 0 fully saturated rings. The van der Waals surface area contributed by atoms with E-state index in [-0.39, 0.29) is 18.2 Å². The van der Waals surface area contributed by atoms with Crippen LogP contribution in [-0.2, 0) is 7.05 Å². The highest BCUT2D eigenvalue weighted by molar-refractivity contribution is 5.62. The van der Waals surface area contributed by atoms with E-state index in [1.54, 1.807) is 11.9 Å². The Labute approximate surface area is 106 Å². The van der Waals surface area contributed by atoms with Crippen molar-refractivity contribution in [3.05, 3.63) is 15.8 Å². The van der Waals surface area contributed by atoms with Gasteiger partial charge in [0.15, 0.2) is 0 Å². The molecule has 1 heterocycles. The zero-order valence-electron chi connectivity index (χ0n) is 11.3. The smallest absolute Gasteiger partial charge is 0.334 e. The largest absolute Gasteiger partial charge is 0.395 e. The van der Waals surface area contributed by atoms with E-state index in [0.29, 0.717) is 24.6 Å². The molecule has 18 heavy (non-hydrogen) atoms. The van der Waals surface area contributed by atoms with Crippen molar-refractivity contribution in [2.45, 2.75) is 26.7 Å². The summed E-state index contributed by atoms with van der Waals surface area (Å²) in [5.74, 6) is 0.443. The van der Waals surface area contributed by atoms with Gasteiger partial charge in [-0.2, -0.15) is 5.10 Å². The molecule has 1 aromatic rings. The van der Waals surface area contributed by atoms with Crippen molar-refractivity contribution < 1.29 is 10.0 Å². The SMILES string of the molecule is CCN(CCO)c1c([N+](=O)[O-])c(C(C)C)nn1C. The van der Waals surface area contributed by atoms with Crippen LogP contribution in [0.25, 0.3) is 0 Å². The van der Waals surface area contributed by atoms with Crippen molar-refractivity contribution in [2.24, 2.45) is 7.05 Å². The van der Waals surface area contributed by atoms with E-state index in [2.05, 4.69) is 5.10 Å². The van der Waals surface area contributed by atoms with Gasteiger partial charge in [-0.25, -0.2) is 4.68 Å². The molecule has 0 saturated carbocycles. The third-order valence-electron chi connectivity index (χ3n) is 2.80. The lowest BCUT2D eigenvalue weighted by Crippen LogP contribution is -2.28. The Bertz CT molecular complexity index is 428. The van der Waals surface area contributed by atoms with Crippen LogP contribution in [0.1, 0.15) is 32.4 Å². The number of nitro groups is 1. The second-order valence-corrected chi connectivity index (χ2v) is 4.40. The van der Waals surface area contributed by atoms with Gasteiger partial charge in [0.25, 0.3) is 0 Å². The van der Waals surface area contributed by atoms with Crippen LogP contribution in [0.3, 0.4) is 0 Å². The third-order valence-corrected chi connectivity index (χ3v) is 2.80. The van der Waals surface area contributed by atoms with Gasteiger partial charge in [0.05, 0.1) is 11.5 Å². The number of rotatable bonds is 6. The van der Waals surface area contributed by atoms with Crippen LogP contribution in [0.15, 0.2) is 0 Å². The number of aryl methyl sites for hydroxylation is 1. The molecule has 0 amide bonds. The van der Waals surface area contributed by atoms with Gasteiger partial charge in [0.2, 0.25) is 5.82 Å². The van der Waals surface area contributed by atoms with E-state index >= 15 is 0 Å².